The fourth-order valence-electron chi connectivity index (χ4n) is 1.55. The molecule has 1 N–H and O–H groups in total. The molecular formula is C10H21NO. The first-order valence-corrected chi connectivity index (χ1v) is 5.26. The van der Waals surface area contributed by atoms with Gasteiger partial charge in [0.2, 0.25) is 0 Å². The molecule has 1 aliphatic heterocycles. The Morgan fingerprint density at radius 1 is 1.33 bits per heavy atom. The van der Waals surface area contributed by atoms with Gasteiger partial charge in [-0.2, -0.15) is 0 Å². The van der Waals surface area contributed by atoms with Gasteiger partial charge < -0.3 is 10.1 Å². The van der Waals surface area contributed by atoms with Gasteiger partial charge in [-0.1, -0.05) is 26.2 Å². The van der Waals surface area contributed by atoms with Gasteiger partial charge in [-0.05, 0) is 19.4 Å². The summed E-state index contributed by atoms with van der Waals surface area (Å²) in [5.74, 6) is 0. The summed E-state index contributed by atoms with van der Waals surface area (Å²) < 4.78 is 5.69. The Kier molecular flexibility index (Phi) is 5.37. The fourth-order valence-corrected chi connectivity index (χ4v) is 1.55. The lowest BCUT2D eigenvalue weighted by molar-refractivity contribution is 0.0642. The number of nitrogens with one attached hydrogen (secondary N) is 1. The largest absolute Gasteiger partial charge is 0.377 e. The second kappa shape index (κ2) is 6.44. The minimum Gasteiger partial charge on any atom is -0.377 e. The van der Waals surface area contributed by atoms with Crippen molar-refractivity contribution in [1.82, 2.24) is 5.32 Å². The quantitative estimate of drug-likeness (QED) is 0.617. The summed E-state index contributed by atoms with van der Waals surface area (Å²) in [5.41, 5.74) is 0. The van der Waals surface area contributed by atoms with Crippen molar-refractivity contribution < 1.29 is 4.74 Å². The number of rotatable bonds is 6. The second-order valence-corrected chi connectivity index (χ2v) is 3.55. The SMILES string of the molecule is CCCCCCO[C@H]1CCNC1. The van der Waals surface area contributed by atoms with E-state index >= 15 is 0 Å². The van der Waals surface area contributed by atoms with Crippen LogP contribution in [-0.4, -0.2) is 25.8 Å². The smallest absolute Gasteiger partial charge is 0.0711 e. The Morgan fingerprint density at radius 2 is 2.25 bits per heavy atom. The number of hydrogen-bond acceptors (Lipinski definition) is 2. The Labute approximate surface area is 75.7 Å². The Bertz CT molecular complexity index is 100. The van der Waals surface area contributed by atoms with Crippen molar-refractivity contribution in [2.24, 2.45) is 0 Å². The average molecular weight is 171 g/mol. The third kappa shape index (κ3) is 4.07. The zero-order valence-corrected chi connectivity index (χ0v) is 8.14. The molecule has 0 amide bonds. The third-order valence-corrected chi connectivity index (χ3v) is 2.37. The van der Waals surface area contributed by atoms with E-state index in [1.165, 1.54) is 32.1 Å². The van der Waals surface area contributed by atoms with Crippen molar-refractivity contribution in [3.8, 4) is 0 Å². The molecule has 2 heteroatoms. The summed E-state index contributed by atoms with van der Waals surface area (Å²) in [4.78, 5) is 0. The Morgan fingerprint density at radius 3 is 2.92 bits per heavy atom. The lowest BCUT2D eigenvalue weighted by Crippen LogP contribution is -2.17. The van der Waals surface area contributed by atoms with Crippen molar-refractivity contribution in [1.29, 1.82) is 0 Å². The van der Waals surface area contributed by atoms with E-state index in [2.05, 4.69) is 12.2 Å². The highest BCUT2D eigenvalue weighted by atomic mass is 16.5. The maximum Gasteiger partial charge on any atom is 0.0711 e. The van der Waals surface area contributed by atoms with Gasteiger partial charge >= 0.3 is 0 Å². The van der Waals surface area contributed by atoms with Gasteiger partial charge in [-0.3, -0.25) is 0 Å². The van der Waals surface area contributed by atoms with Crippen LogP contribution < -0.4 is 5.32 Å². The van der Waals surface area contributed by atoms with Gasteiger partial charge in [0.15, 0.2) is 0 Å². The van der Waals surface area contributed by atoms with Crippen molar-refractivity contribution >= 4 is 0 Å². The summed E-state index contributed by atoms with van der Waals surface area (Å²) >= 11 is 0. The molecule has 0 radical (unpaired) electrons. The number of unbranched alkanes of at least 4 members (excludes halogenated alkanes) is 3. The molecule has 2 nitrogen and oxygen atoms in total. The highest BCUT2D eigenvalue weighted by Crippen LogP contribution is 2.05. The van der Waals surface area contributed by atoms with E-state index in [-0.39, 0.29) is 0 Å². The van der Waals surface area contributed by atoms with E-state index in [1.807, 2.05) is 0 Å². The molecule has 72 valence electrons. The lowest BCUT2D eigenvalue weighted by atomic mass is 10.2. The molecule has 1 saturated heterocycles. The molecule has 1 heterocycles. The normalized spacial score (nSPS) is 23.2. The van der Waals surface area contributed by atoms with Crippen LogP contribution in [0.15, 0.2) is 0 Å². The topological polar surface area (TPSA) is 21.3 Å². The molecule has 0 aliphatic carbocycles. The molecule has 12 heavy (non-hydrogen) atoms. The first-order valence-electron chi connectivity index (χ1n) is 5.26. The molecule has 0 aromatic heterocycles. The van der Waals surface area contributed by atoms with E-state index < -0.39 is 0 Å². The molecule has 1 atom stereocenters. The monoisotopic (exact) mass is 171 g/mol. The number of hydrogen-bond donors (Lipinski definition) is 1. The highest BCUT2D eigenvalue weighted by Gasteiger charge is 2.13. The predicted octanol–water partition coefficient (Wildman–Crippen LogP) is 1.95. The van der Waals surface area contributed by atoms with Crippen LogP contribution in [0.2, 0.25) is 0 Å². The van der Waals surface area contributed by atoms with Crippen LogP contribution >= 0.6 is 0 Å². The van der Waals surface area contributed by atoms with E-state index in [1.54, 1.807) is 0 Å². The molecule has 0 aromatic rings. The Balaban J connectivity index is 1.81. The molecular weight excluding hydrogens is 150 g/mol. The van der Waals surface area contributed by atoms with Crippen LogP contribution in [0.1, 0.15) is 39.0 Å². The lowest BCUT2D eigenvalue weighted by Gasteiger charge is -2.09. The second-order valence-electron chi connectivity index (χ2n) is 3.55. The summed E-state index contributed by atoms with van der Waals surface area (Å²) in [5, 5.41) is 3.30. The van der Waals surface area contributed by atoms with Crippen LogP contribution in [0.3, 0.4) is 0 Å². The minimum atomic E-state index is 0.506. The fraction of sp³-hybridized carbons (Fsp3) is 1.00. The van der Waals surface area contributed by atoms with Gasteiger partial charge in [0, 0.05) is 13.2 Å². The molecule has 0 saturated carbocycles. The van der Waals surface area contributed by atoms with Gasteiger partial charge in [-0.15, -0.1) is 0 Å². The highest BCUT2D eigenvalue weighted by molar-refractivity contribution is 4.70. The van der Waals surface area contributed by atoms with E-state index in [4.69, 9.17) is 4.74 Å². The van der Waals surface area contributed by atoms with Crippen molar-refractivity contribution in [3.05, 3.63) is 0 Å². The van der Waals surface area contributed by atoms with Crippen LogP contribution in [0, 0.1) is 0 Å². The first-order chi connectivity index (χ1) is 5.93. The standard InChI is InChI=1S/C10H21NO/c1-2-3-4-5-8-12-10-6-7-11-9-10/h10-11H,2-9H2,1H3/t10-/m0/s1. The molecule has 1 aliphatic rings. The predicted molar refractivity (Wildman–Crippen MR) is 51.4 cm³/mol. The molecule has 1 fully saturated rings. The molecule has 0 aromatic carbocycles. The first kappa shape index (κ1) is 10.0. The Hall–Kier alpha value is -0.0800. The third-order valence-electron chi connectivity index (χ3n) is 2.37. The summed E-state index contributed by atoms with van der Waals surface area (Å²) in [6, 6.07) is 0. The van der Waals surface area contributed by atoms with Crippen molar-refractivity contribution in [2.45, 2.75) is 45.1 Å². The van der Waals surface area contributed by atoms with Crippen LogP contribution in [0.25, 0.3) is 0 Å². The van der Waals surface area contributed by atoms with Gasteiger partial charge in [0.25, 0.3) is 0 Å². The van der Waals surface area contributed by atoms with Gasteiger partial charge in [0.1, 0.15) is 0 Å². The number of ether oxygens (including phenoxy) is 1. The van der Waals surface area contributed by atoms with E-state index in [9.17, 15) is 0 Å². The van der Waals surface area contributed by atoms with Gasteiger partial charge in [-0.25, -0.2) is 0 Å². The molecule has 0 spiro atoms. The van der Waals surface area contributed by atoms with E-state index in [0.29, 0.717) is 6.10 Å². The summed E-state index contributed by atoms with van der Waals surface area (Å²) in [7, 11) is 0. The maximum absolute atomic E-state index is 5.69. The minimum absolute atomic E-state index is 0.506. The zero-order valence-electron chi connectivity index (χ0n) is 8.14. The zero-order chi connectivity index (χ0) is 8.65. The van der Waals surface area contributed by atoms with Gasteiger partial charge in [0.05, 0.1) is 6.10 Å². The molecule has 0 unspecified atom stereocenters. The van der Waals surface area contributed by atoms with Crippen LogP contribution in [0.5, 0.6) is 0 Å². The maximum atomic E-state index is 5.69. The van der Waals surface area contributed by atoms with Crippen molar-refractivity contribution in [2.75, 3.05) is 19.7 Å². The van der Waals surface area contributed by atoms with Crippen molar-refractivity contribution in [3.63, 3.8) is 0 Å². The summed E-state index contributed by atoms with van der Waals surface area (Å²) in [6.07, 6.45) is 6.94. The van der Waals surface area contributed by atoms with Crippen LogP contribution in [0.4, 0.5) is 0 Å². The summed E-state index contributed by atoms with van der Waals surface area (Å²) in [6.45, 7) is 5.40. The molecule has 1 rings (SSSR count). The van der Waals surface area contributed by atoms with E-state index in [0.717, 1.165) is 19.7 Å². The average Bonchev–Trinajstić information content (AvgIpc) is 2.57. The molecule has 0 bridgehead atoms. The van der Waals surface area contributed by atoms with Crippen LogP contribution in [-0.2, 0) is 4.74 Å².